The van der Waals surface area contributed by atoms with Gasteiger partial charge in [-0.1, -0.05) is 37.3 Å². The Hall–Kier alpha value is -3.07. The van der Waals surface area contributed by atoms with Crippen molar-refractivity contribution in [2.75, 3.05) is 23.7 Å². The number of rotatable bonds is 12. The van der Waals surface area contributed by atoms with E-state index in [0.717, 1.165) is 22.5 Å². The number of nitrogens with zero attached hydrogens (tertiary/aromatic N) is 2. The summed E-state index contributed by atoms with van der Waals surface area (Å²) in [6.45, 7) is 7.60. The molecule has 0 unspecified atom stereocenters. The zero-order valence-corrected chi connectivity index (χ0v) is 21.3. The Bertz CT molecular complexity index is 1040. The minimum atomic E-state index is -3.77. The largest absolute Gasteiger partial charge is 0.494 e. The molecule has 0 saturated carbocycles. The molecule has 2 aromatic carbocycles. The lowest BCUT2D eigenvalue weighted by molar-refractivity contribution is -0.139. The SMILES string of the molecule is CCOc1ccc(N(CC(=O)N(Cc2ccccc2)[C@@H](C)C(=O)N[C@@H](C)CC)S(C)(=O)=O)cc1. The molecule has 2 aromatic rings. The third-order valence-electron chi connectivity index (χ3n) is 5.48. The third kappa shape index (κ3) is 7.76. The van der Waals surface area contributed by atoms with E-state index in [1.165, 1.54) is 4.90 Å². The Labute approximate surface area is 202 Å². The summed E-state index contributed by atoms with van der Waals surface area (Å²) in [4.78, 5) is 27.7. The first-order chi connectivity index (χ1) is 16.1. The first-order valence-corrected chi connectivity index (χ1v) is 13.3. The van der Waals surface area contributed by atoms with Gasteiger partial charge in [-0.3, -0.25) is 13.9 Å². The third-order valence-corrected chi connectivity index (χ3v) is 6.62. The molecule has 1 N–H and O–H groups in total. The molecule has 0 heterocycles. The lowest BCUT2D eigenvalue weighted by Crippen LogP contribution is -2.52. The fourth-order valence-electron chi connectivity index (χ4n) is 3.32. The van der Waals surface area contributed by atoms with Crippen LogP contribution in [-0.4, -0.2) is 56.6 Å². The Morgan fingerprint density at radius 1 is 1.00 bits per heavy atom. The van der Waals surface area contributed by atoms with E-state index in [1.807, 2.05) is 51.1 Å². The number of sulfonamides is 1. The average molecular weight is 490 g/mol. The second kappa shape index (κ2) is 12.4. The molecule has 9 heteroatoms. The summed E-state index contributed by atoms with van der Waals surface area (Å²) < 4.78 is 31.7. The lowest BCUT2D eigenvalue weighted by Gasteiger charge is -2.32. The van der Waals surface area contributed by atoms with Crippen molar-refractivity contribution in [3.8, 4) is 5.75 Å². The van der Waals surface area contributed by atoms with Gasteiger partial charge in [0.05, 0.1) is 18.6 Å². The summed E-state index contributed by atoms with van der Waals surface area (Å²) in [7, 11) is -3.77. The molecule has 2 amide bonds. The Kier molecular flexibility index (Phi) is 9.92. The highest BCUT2D eigenvalue weighted by atomic mass is 32.2. The summed E-state index contributed by atoms with van der Waals surface area (Å²) in [5.41, 5.74) is 1.18. The van der Waals surface area contributed by atoms with E-state index in [1.54, 1.807) is 31.2 Å². The second-order valence-electron chi connectivity index (χ2n) is 8.20. The van der Waals surface area contributed by atoms with Crippen LogP contribution in [-0.2, 0) is 26.2 Å². The number of benzene rings is 2. The molecule has 2 rings (SSSR count). The molecule has 0 fully saturated rings. The highest BCUT2D eigenvalue weighted by molar-refractivity contribution is 7.92. The van der Waals surface area contributed by atoms with Gasteiger partial charge < -0.3 is 15.0 Å². The quantitative estimate of drug-likeness (QED) is 0.494. The monoisotopic (exact) mass is 489 g/mol. The van der Waals surface area contributed by atoms with Crippen LogP contribution in [0.3, 0.4) is 0 Å². The van der Waals surface area contributed by atoms with Gasteiger partial charge in [0.2, 0.25) is 21.8 Å². The number of hydrogen-bond acceptors (Lipinski definition) is 5. The van der Waals surface area contributed by atoms with E-state index < -0.39 is 28.5 Å². The number of carbonyl (C=O) groups is 2. The lowest BCUT2D eigenvalue weighted by atomic mass is 10.1. The summed E-state index contributed by atoms with van der Waals surface area (Å²) in [5, 5.41) is 2.91. The van der Waals surface area contributed by atoms with E-state index in [4.69, 9.17) is 4.74 Å². The molecule has 186 valence electrons. The standard InChI is InChI=1S/C25H35N3O5S/c1-6-19(3)26-25(30)20(4)27(17-21-11-9-8-10-12-21)24(29)18-28(34(5,31)32)22-13-15-23(16-14-22)33-7-2/h8-16,19-20H,6-7,17-18H2,1-5H3,(H,26,30)/t19-,20-/m0/s1. The van der Waals surface area contributed by atoms with E-state index in [-0.39, 0.29) is 18.5 Å². The molecular formula is C25H35N3O5S. The van der Waals surface area contributed by atoms with Crippen LogP contribution >= 0.6 is 0 Å². The van der Waals surface area contributed by atoms with Crippen LogP contribution in [0.2, 0.25) is 0 Å². The van der Waals surface area contributed by atoms with Gasteiger partial charge in [-0.25, -0.2) is 8.42 Å². The van der Waals surface area contributed by atoms with E-state index in [0.29, 0.717) is 18.0 Å². The Morgan fingerprint density at radius 3 is 2.15 bits per heavy atom. The van der Waals surface area contributed by atoms with Gasteiger partial charge in [-0.2, -0.15) is 0 Å². The predicted molar refractivity (Wildman–Crippen MR) is 134 cm³/mol. The van der Waals surface area contributed by atoms with Crippen LogP contribution in [0, 0.1) is 0 Å². The van der Waals surface area contributed by atoms with Crippen molar-refractivity contribution in [2.24, 2.45) is 0 Å². The molecule has 0 aliphatic heterocycles. The van der Waals surface area contributed by atoms with Gasteiger partial charge in [-0.15, -0.1) is 0 Å². The molecule has 0 spiro atoms. The Morgan fingerprint density at radius 2 is 1.62 bits per heavy atom. The van der Waals surface area contributed by atoms with Crippen molar-refractivity contribution in [1.82, 2.24) is 10.2 Å². The number of hydrogen-bond donors (Lipinski definition) is 1. The minimum absolute atomic E-state index is 0.0417. The fraction of sp³-hybridized carbons (Fsp3) is 0.440. The summed E-state index contributed by atoms with van der Waals surface area (Å²) in [6.07, 6.45) is 1.81. The average Bonchev–Trinajstić information content (AvgIpc) is 2.81. The molecule has 0 saturated heterocycles. The van der Waals surface area contributed by atoms with Gasteiger partial charge in [-0.05, 0) is 57.0 Å². The number of anilines is 1. The van der Waals surface area contributed by atoms with Crippen molar-refractivity contribution >= 4 is 27.5 Å². The van der Waals surface area contributed by atoms with Gasteiger partial charge >= 0.3 is 0 Å². The van der Waals surface area contributed by atoms with Gasteiger partial charge in [0.15, 0.2) is 0 Å². The number of nitrogens with one attached hydrogen (secondary N) is 1. The highest BCUT2D eigenvalue weighted by Crippen LogP contribution is 2.22. The first-order valence-electron chi connectivity index (χ1n) is 11.4. The molecule has 0 aliphatic rings. The van der Waals surface area contributed by atoms with Gasteiger partial charge in [0.1, 0.15) is 18.3 Å². The van der Waals surface area contributed by atoms with E-state index >= 15 is 0 Å². The van der Waals surface area contributed by atoms with Crippen molar-refractivity contribution < 1.29 is 22.7 Å². The molecule has 0 bridgehead atoms. The maximum Gasteiger partial charge on any atom is 0.244 e. The highest BCUT2D eigenvalue weighted by Gasteiger charge is 2.30. The maximum absolute atomic E-state index is 13.5. The molecule has 8 nitrogen and oxygen atoms in total. The zero-order valence-electron chi connectivity index (χ0n) is 20.5. The Balaban J connectivity index is 2.33. The minimum Gasteiger partial charge on any atom is -0.494 e. The van der Waals surface area contributed by atoms with Crippen LogP contribution in [0.1, 0.15) is 39.7 Å². The van der Waals surface area contributed by atoms with E-state index in [9.17, 15) is 18.0 Å². The van der Waals surface area contributed by atoms with Crippen LogP contribution in [0.4, 0.5) is 5.69 Å². The van der Waals surface area contributed by atoms with Gasteiger partial charge in [0, 0.05) is 12.6 Å². The molecular weight excluding hydrogens is 454 g/mol. The van der Waals surface area contributed by atoms with Crippen LogP contribution in [0.5, 0.6) is 5.75 Å². The van der Waals surface area contributed by atoms with Gasteiger partial charge in [0.25, 0.3) is 0 Å². The normalized spacial score (nSPS) is 13.0. The number of amides is 2. The predicted octanol–water partition coefficient (Wildman–Crippen LogP) is 3.18. The second-order valence-corrected chi connectivity index (χ2v) is 10.1. The summed E-state index contributed by atoms with van der Waals surface area (Å²) >= 11 is 0. The van der Waals surface area contributed by atoms with Crippen LogP contribution in [0.25, 0.3) is 0 Å². The smallest absolute Gasteiger partial charge is 0.244 e. The van der Waals surface area contributed by atoms with Crippen molar-refractivity contribution in [2.45, 2.75) is 52.7 Å². The molecule has 34 heavy (non-hydrogen) atoms. The van der Waals surface area contributed by atoms with E-state index in [2.05, 4.69) is 5.32 Å². The van der Waals surface area contributed by atoms with Crippen LogP contribution < -0.4 is 14.4 Å². The first kappa shape index (κ1) is 27.2. The summed E-state index contributed by atoms with van der Waals surface area (Å²) in [6, 6.07) is 15.0. The topological polar surface area (TPSA) is 96.0 Å². The zero-order chi connectivity index (χ0) is 25.3. The number of ether oxygens (including phenoxy) is 1. The van der Waals surface area contributed by atoms with Crippen molar-refractivity contribution in [3.05, 3.63) is 60.2 Å². The van der Waals surface area contributed by atoms with Crippen molar-refractivity contribution in [1.29, 1.82) is 0 Å². The molecule has 0 radical (unpaired) electrons. The molecule has 2 atom stereocenters. The summed E-state index contributed by atoms with van der Waals surface area (Å²) in [5.74, 6) is -0.160. The van der Waals surface area contributed by atoms with Crippen molar-refractivity contribution in [3.63, 3.8) is 0 Å². The van der Waals surface area contributed by atoms with Crippen LogP contribution in [0.15, 0.2) is 54.6 Å². The number of carbonyl (C=O) groups excluding carboxylic acids is 2. The fourth-order valence-corrected chi connectivity index (χ4v) is 4.17. The maximum atomic E-state index is 13.5. The molecule has 0 aliphatic carbocycles. The molecule has 0 aromatic heterocycles.